The van der Waals surface area contributed by atoms with Crippen LogP contribution in [0, 0.1) is 21.4 Å². The van der Waals surface area contributed by atoms with E-state index in [0.29, 0.717) is 22.6 Å². The summed E-state index contributed by atoms with van der Waals surface area (Å²) in [5, 5.41) is 37.1. The van der Waals surface area contributed by atoms with Crippen LogP contribution in [0.25, 0.3) is 0 Å². The first-order valence-electron chi connectivity index (χ1n) is 7.70. The fourth-order valence-electron chi connectivity index (χ4n) is 2.18. The predicted molar refractivity (Wildman–Crippen MR) is 96.9 cm³/mol. The van der Waals surface area contributed by atoms with Crippen molar-refractivity contribution in [3.8, 4) is 6.07 Å². The topological polar surface area (TPSA) is 140 Å². The lowest BCUT2D eigenvalue weighted by molar-refractivity contribution is -0.384. The molecule has 26 heavy (non-hydrogen) atoms. The minimum Gasteiger partial charge on any atom is -0.395 e. The second kappa shape index (κ2) is 9.00. The quantitative estimate of drug-likeness (QED) is 0.419. The summed E-state index contributed by atoms with van der Waals surface area (Å²) < 4.78 is 0. The summed E-state index contributed by atoms with van der Waals surface area (Å²) in [5.41, 5.74) is 1.68. The molecule has 2 rings (SSSR count). The molecule has 9 heteroatoms. The summed E-state index contributed by atoms with van der Waals surface area (Å²) in [6.07, 6.45) is 0. The van der Waals surface area contributed by atoms with Gasteiger partial charge in [-0.25, -0.2) is 0 Å². The molecule has 0 atom stereocenters. The summed E-state index contributed by atoms with van der Waals surface area (Å²) in [7, 11) is 0. The fraction of sp³-hybridized carbons (Fsp3) is 0.176. The van der Waals surface area contributed by atoms with E-state index in [-0.39, 0.29) is 31.3 Å². The summed E-state index contributed by atoms with van der Waals surface area (Å²) >= 11 is 0. The maximum atomic E-state index is 12.1. The van der Waals surface area contributed by atoms with E-state index < -0.39 is 4.92 Å². The zero-order valence-electron chi connectivity index (χ0n) is 13.7. The minimum atomic E-state index is -0.533. The molecule has 0 spiro atoms. The molecule has 0 saturated heterocycles. The average Bonchev–Trinajstić information content (AvgIpc) is 2.65. The molecule has 0 fully saturated rings. The van der Waals surface area contributed by atoms with Crippen LogP contribution in [0.1, 0.15) is 5.56 Å². The van der Waals surface area contributed by atoms with Gasteiger partial charge in [0.25, 0.3) is 5.69 Å². The molecule has 0 heterocycles. The Morgan fingerprint density at radius 1 is 1.19 bits per heavy atom. The highest BCUT2D eigenvalue weighted by molar-refractivity contribution is 5.94. The number of nitro benzene ring substituents is 1. The van der Waals surface area contributed by atoms with Crippen LogP contribution in [-0.2, 0) is 4.79 Å². The van der Waals surface area contributed by atoms with Crippen molar-refractivity contribution in [2.75, 3.05) is 35.6 Å². The van der Waals surface area contributed by atoms with Crippen LogP contribution in [0.3, 0.4) is 0 Å². The number of nitrogens with zero attached hydrogens (tertiary/aromatic N) is 2. The Kier molecular flexibility index (Phi) is 6.47. The Hall–Kier alpha value is -3.64. The average molecular weight is 355 g/mol. The number of carbonyl (C=O) groups excluding carboxylic acids is 1. The standard InChI is InChI=1S/C17H17N5O4/c18-10-12-2-1-3-13(8-12)21-17(24)11-20-16-9-14(22(25)26)4-5-15(16)19-6-7-23/h1-5,8-9,19-20,23H,6-7,11H2,(H,21,24). The number of benzene rings is 2. The highest BCUT2D eigenvalue weighted by atomic mass is 16.6. The van der Waals surface area contributed by atoms with Gasteiger partial charge in [-0.05, 0) is 24.3 Å². The van der Waals surface area contributed by atoms with Crippen molar-refractivity contribution >= 4 is 28.7 Å². The van der Waals surface area contributed by atoms with Crippen molar-refractivity contribution in [3.63, 3.8) is 0 Å². The number of amides is 1. The number of anilines is 3. The first kappa shape index (κ1) is 18.7. The van der Waals surface area contributed by atoms with Gasteiger partial charge in [-0.15, -0.1) is 0 Å². The summed E-state index contributed by atoms with van der Waals surface area (Å²) in [5.74, 6) is -0.375. The van der Waals surface area contributed by atoms with Gasteiger partial charge < -0.3 is 21.1 Å². The third kappa shape index (κ3) is 5.19. The Bertz CT molecular complexity index is 847. The van der Waals surface area contributed by atoms with Crippen molar-refractivity contribution in [1.29, 1.82) is 5.26 Å². The van der Waals surface area contributed by atoms with Crippen LogP contribution >= 0.6 is 0 Å². The lowest BCUT2D eigenvalue weighted by Crippen LogP contribution is -2.22. The van der Waals surface area contributed by atoms with E-state index in [1.54, 1.807) is 24.3 Å². The zero-order valence-corrected chi connectivity index (χ0v) is 13.7. The van der Waals surface area contributed by atoms with E-state index in [9.17, 15) is 14.9 Å². The number of nitrogens with one attached hydrogen (secondary N) is 3. The molecule has 1 amide bonds. The molecule has 0 bridgehead atoms. The Labute approximate surface area is 149 Å². The molecule has 0 aliphatic carbocycles. The predicted octanol–water partition coefficient (Wildman–Crippen LogP) is 1.92. The molecular formula is C17H17N5O4. The second-order valence-electron chi connectivity index (χ2n) is 5.23. The van der Waals surface area contributed by atoms with Gasteiger partial charge in [0.15, 0.2) is 0 Å². The summed E-state index contributed by atoms with van der Waals surface area (Å²) in [6, 6.07) is 12.6. The van der Waals surface area contributed by atoms with Gasteiger partial charge in [0.2, 0.25) is 5.91 Å². The number of hydrogen-bond donors (Lipinski definition) is 4. The molecule has 0 aliphatic heterocycles. The molecule has 0 saturated carbocycles. The molecule has 2 aromatic carbocycles. The van der Waals surface area contributed by atoms with Gasteiger partial charge in [-0.1, -0.05) is 6.07 Å². The van der Waals surface area contributed by atoms with E-state index >= 15 is 0 Å². The van der Waals surface area contributed by atoms with Crippen molar-refractivity contribution in [1.82, 2.24) is 0 Å². The van der Waals surface area contributed by atoms with Crippen molar-refractivity contribution in [3.05, 3.63) is 58.1 Å². The van der Waals surface area contributed by atoms with Gasteiger partial charge in [-0.3, -0.25) is 14.9 Å². The third-order valence-electron chi connectivity index (χ3n) is 3.36. The van der Waals surface area contributed by atoms with Crippen LogP contribution in [0.15, 0.2) is 42.5 Å². The van der Waals surface area contributed by atoms with Gasteiger partial charge >= 0.3 is 0 Å². The van der Waals surface area contributed by atoms with Crippen LogP contribution in [0.5, 0.6) is 0 Å². The number of rotatable bonds is 8. The number of nitro groups is 1. The fourth-order valence-corrected chi connectivity index (χ4v) is 2.18. The summed E-state index contributed by atoms with van der Waals surface area (Å²) in [4.78, 5) is 22.5. The number of nitriles is 1. The van der Waals surface area contributed by atoms with Gasteiger partial charge in [0.1, 0.15) is 0 Å². The van der Waals surface area contributed by atoms with E-state index in [0.717, 1.165) is 0 Å². The van der Waals surface area contributed by atoms with Gasteiger partial charge in [0, 0.05) is 24.4 Å². The van der Waals surface area contributed by atoms with Crippen LogP contribution < -0.4 is 16.0 Å². The highest BCUT2D eigenvalue weighted by Crippen LogP contribution is 2.26. The van der Waals surface area contributed by atoms with E-state index in [2.05, 4.69) is 16.0 Å². The Balaban J connectivity index is 2.06. The van der Waals surface area contributed by atoms with Gasteiger partial charge in [0.05, 0.1) is 41.1 Å². The number of carbonyl (C=O) groups is 1. The maximum absolute atomic E-state index is 12.1. The van der Waals surface area contributed by atoms with E-state index in [1.165, 1.54) is 18.2 Å². The minimum absolute atomic E-state index is 0.105. The summed E-state index contributed by atoms with van der Waals surface area (Å²) in [6.45, 7) is 0.0253. The van der Waals surface area contributed by atoms with Crippen LogP contribution in [-0.4, -0.2) is 35.6 Å². The van der Waals surface area contributed by atoms with E-state index in [4.69, 9.17) is 10.4 Å². The maximum Gasteiger partial charge on any atom is 0.271 e. The number of non-ortho nitro benzene ring substituents is 1. The van der Waals surface area contributed by atoms with Crippen LogP contribution in [0.4, 0.5) is 22.7 Å². The van der Waals surface area contributed by atoms with Crippen molar-refractivity contribution in [2.24, 2.45) is 0 Å². The SMILES string of the molecule is N#Cc1cccc(NC(=O)CNc2cc([N+](=O)[O-])ccc2NCCO)c1. The normalized spacial score (nSPS) is 9.85. The number of aliphatic hydroxyl groups is 1. The zero-order chi connectivity index (χ0) is 18.9. The molecule has 0 aromatic heterocycles. The lowest BCUT2D eigenvalue weighted by atomic mass is 10.2. The molecule has 9 nitrogen and oxygen atoms in total. The molecule has 4 N–H and O–H groups in total. The molecule has 134 valence electrons. The molecular weight excluding hydrogens is 338 g/mol. The molecule has 0 aliphatic rings. The first-order chi connectivity index (χ1) is 12.5. The van der Waals surface area contributed by atoms with Crippen LogP contribution in [0.2, 0.25) is 0 Å². The van der Waals surface area contributed by atoms with Gasteiger partial charge in [-0.2, -0.15) is 5.26 Å². The largest absolute Gasteiger partial charge is 0.395 e. The van der Waals surface area contributed by atoms with E-state index in [1.807, 2.05) is 6.07 Å². The van der Waals surface area contributed by atoms with Crippen molar-refractivity contribution in [2.45, 2.75) is 0 Å². The van der Waals surface area contributed by atoms with Crippen molar-refractivity contribution < 1.29 is 14.8 Å². The lowest BCUT2D eigenvalue weighted by Gasteiger charge is -2.13. The molecule has 0 radical (unpaired) electrons. The molecule has 2 aromatic rings. The number of hydrogen-bond acceptors (Lipinski definition) is 7. The Morgan fingerprint density at radius 2 is 2.00 bits per heavy atom. The monoisotopic (exact) mass is 355 g/mol. The Morgan fingerprint density at radius 3 is 2.69 bits per heavy atom. The third-order valence-corrected chi connectivity index (χ3v) is 3.36. The highest BCUT2D eigenvalue weighted by Gasteiger charge is 2.12. The second-order valence-corrected chi connectivity index (χ2v) is 5.23. The number of aliphatic hydroxyl groups excluding tert-OH is 1. The first-order valence-corrected chi connectivity index (χ1v) is 7.70. The smallest absolute Gasteiger partial charge is 0.271 e. The molecule has 0 unspecified atom stereocenters.